The van der Waals surface area contributed by atoms with Crippen molar-refractivity contribution in [2.24, 2.45) is 11.3 Å². The van der Waals surface area contributed by atoms with Gasteiger partial charge in [-0.2, -0.15) is 0 Å². The Bertz CT molecular complexity index is 1040. The molecule has 0 unspecified atom stereocenters. The third-order valence-corrected chi connectivity index (χ3v) is 8.16. The summed E-state index contributed by atoms with van der Waals surface area (Å²) < 4.78 is 20.3. The van der Waals surface area contributed by atoms with E-state index in [-0.39, 0.29) is 29.5 Å². The highest BCUT2D eigenvalue weighted by molar-refractivity contribution is 5.70. The largest absolute Gasteiger partial charge is 0.445 e. The van der Waals surface area contributed by atoms with Crippen molar-refractivity contribution in [3.8, 4) is 11.1 Å². The van der Waals surface area contributed by atoms with Gasteiger partial charge in [0.25, 0.3) is 0 Å². The van der Waals surface area contributed by atoms with Gasteiger partial charge in [0.1, 0.15) is 11.9 Å². The molecule has 2 atom stereocenters. The Morgan fingerprint density at radius 2 is 1.88 bits per heavy atom. The highest BCUT2D eigenvalue weighted by atomic mass is 19.1. The Labute approximate surface area is 196 Å². The van der Waals surface area contributed by atoms with Crippen molar-refractivity contribution in [2.45, 2.75) is 65.0 Å². The van der Waals surface area contributed by atoms with Crippen LogP contribution < -0.4 is 5.32 Å². The summed E-state index contributed by atoms with van der Waals surface area (Å²) in [4.78, 5) is 15.3. The molecule has 4 aliphatic rings. The lowest BCUT2D eigenvalue weighted by atomic mass is 9.70. The quantitative estimate of drug-likeness (QED) is 0.632. The molecule has 1 aliphatic carbocycles. The molecule has 6 rings (SSSR count). The molecule has 2 aromatic rings. The van der Waals surface area contributed by atoms with E-state index in [4.69, 9.17) is 4.74 Å². The number of rotatable bonds is 4. The van der Waals surface area contributed by atoms with E-state index < -0.39 is 0 Å². The van der Waals surface area contributed by atoms with E-state index in [1.165, 1.54) is 5.56 Å². The van der Waals surface area contributed by atoms with Crippen LogP contribution in [0, 0.1) is 17.2 Å². The molecule has 5 heteroatoms. The average molecular weight is 451 g/mol. The van der Waals surface area contributed by atoms with Crippen molar-refractivity contribution in [1.29, 1.82) is 0 Å². The minimum absolute atomic E-state index is 0.00189. The second-order valence-corrected chi connectivity index (χ2v) is 10.7. The minimum Gasteiger partial charge on any atom is -0.445 e. The number of piperidine rings is 3. The van der Waals surface area contributed by atoms with Crippen LogP contribution in [-0.2, 0) is 17.6 Å². The first-order valence-electron chi connectivity index (χ1n) is 12.4. The lowest BCUT2D eigenvalue weighted by Crippen LogP contribution is -2.53. The fourth-order valence-corrected chi connectivity index (χ4v) is 5.93. The number of carbonyl (C=O) groups excluding carboxylic acids is 1. The Balaban J connectivity index is 1.35. The van der Waals surface area contributed by atoms with Gasteiger partial charge in [-0.1, -0.05) is 51.1 Å². The van der Waals surface area contributed by atoms with E-state index in [0.29, 0.717) is 12.3 Å². The number of amides is 1. The van der Waals surface area contributed by atoms with Gasteiger partial charge in [0.05, 0.1) is 6.04 Å². The van der Waals surface area contributed by atoms with E-state index in [1.807, 2.05) is 25.1 Å². The van der Waals surface area contributed by atoms with Crippen molar-refractivity contribution in [1.82, 2.24) is 10.2 Å². The first-order valence-corrected chi connectivity index (χ1v) is 12.4. The van der Waals surface area contributed by atoms with Gasteiger partial charge in [-0.05, 0) is 90.4 Å². The molecule has 176 valence electrons. The maximum Gasteiger partial charge on any atom is 0.407 e. The molecule has 3 heterocycles. The summed E-state index contributed by atoms with van der Waals surface area (Å²) in [5.41, 5.74) is 4.94. The highest BCUT2D eigenvalue weighted by Gasteiger charge is 2.40. The number of ether oxygens (including phenoxy) is 1. The summed E-state index contributed by atoms with van der Waals surface area (Å²) in [6.45, 7) is 9.50. The molecule has 1 amide bonds. The van der Waals surface area contributed by atoms with Crippen LogP contribution >= 0.6 is 0 Å². The second kappa shape index (κ2) is 8.75. The standard InChI is InChI=1S/C28H35FN2O2/c1-4-18-5-6-21(16-24(18)29)20-7-8-23-22(15-20)9-12-28(2,3)26(23)30-27(32)33-25-17-31-13-10-19(25)11-14-31/h5-8,15-16,19,25-26H,4,9-14,17H2,1-3H3,(H,30,32)/t25-,26-/m0/s1. The molecule has 3 saturated heterocycles. The number of aryl methyl sites for hydroxylation is 2. The predicted octanol–water partition coefficient (Wildman–Crippen LogP) is 5.89. The van der Waals surface area contributed by atoms with Crippen LogP contribution in [0.3, 0.4) is 0 Å². The first-order chi connectivity index (χ1) is 15.8. The Hall–Kier alpha value is -2.40. The maximum absolute atomic E-state index is 14.4. The Kier molecular flexibility index (Phi) is 5.94. The number of nitrogens with one attached hydrogen (secondary N) is 1. The number of carbonyl (C=O) groups is 1. The van der Waals surface area contributed by atoms with Crippen molar-refractivity contribution in [2.75, 3.05) is 19.6 Å². The number of hydrogen-bond donors (Lipinski definition) is 1. The van der Waals surface area contributed by atoms with Gasteiger partial charge in [0.15, 0.2) is 0 Å². The van der Waals surface area contributed by atoms with E-state index in [2.05, 4.69) is 36.2 Å². The van der Waals surface area contributed by atoms with Crippen molar-refractivity contribution < 1.29 is 13.9 Å². The normalized spacial score (nSPS) is 27.6. The van der Waals surface area contributed by atoms with E-state index >= 15 is 0 Å². The summed E-state index contributed by atoms with van der Waals surface area (Å²) in [5, 5.41) is 3.22. The molecule has 0 radical (unpaired) electrons. The van der Waals surface area contributed by atoms with E-state index in [9.17, 15) is 9.18 Å². The molecule has 1 N–H and O–H groups in total. The fraction of sp³-hybridized carbons (Fsp3) is 0.536. The number of benzene rings is 2. The lowest BCUT2D eigenvalue weighted by molar-refractivity contribution is -0.0353. The van der Waals surface area contributed by atoms with Crippen LogP contribution in [0.15, 0.2) is 36.4 Å². The Morgan fingerprint density at radius 3 is 2.55 bits per heavy atom. The molecule has 4 nitrogen and oxygen atoms in total. The van der Waals surface area contributed by atoms with Gasteiger partial charge in [-0.3, -0.25) is 4.90 Å². The summed E-state index contributed by atoms with van der Waals surface area (Å²) in [5.74, 6) is 0.346. The fourth-order valence-electron chi connectivity index (χ4n) is 5.93. The van der Waals surface area contributed by atoms with Crippen LogP contribution in [-0.4, -0.2) is 36.7 Å². The first kappa shape index (κ1) is 22.4. The predicted molar refractivity (Wildman–Crippen MR) is 129 cm³/mol. The maximum atomic E-state index is 14.4. The van der Waals surface area contributed by atoms with Crippen LogP contribution in [0.5, 0.6) is 0 Å². The molecule has 3 fully saturated rings. The molecule has 3 aliphatic heterocycles. The zero-order valence-electron chi connectivity index (χ0n) is 20.0. The van der Waals surface area contributed by atoms with Crippen LogP contribution in [0.25, 0.3) is 11.1 Å². The monoisotopic (exact) mass is 450 g/mol. The average Bonchev–Trinajstić information content (AvgIpc) is 2.81. The van der Waals surface area contributed by atoms with E-state index in [0.717, 1.165) is 67.6 Å². The van der Waals surface area contributed by atoms with Gasteiger partial charge in [-0.25, -0.2) is 9.18 Å². The lowest BCUT2D eigenvalue weighted by Gasteiger charge is -2.44. The summed E-state index contributed by atoms with van der Waals surface area (Å²) in [6.07, 6.45) is 4.55. The number of halogens is 1. The minimum atomic E-state index is -0.305. The molecular weight excluding hydrogens is 415 g/mol. The third-order valence-electron chi connectivity index (χ3n) is 8.16. The van der Waals surface area contributed by atoms with Gasteiger partial charge in [0, 0.05) is 6.54 Å². The molecule has 33 heavy (non-hydrogen) atoms. The van der Waals surface area contributed by atoms with Crippen LogP contribution in [0.2, 0.25) is 0 Å². The highest BCUT2D eigenvalue weighted by Crippen LogP contribution is 2.44. The summed E-state index contributed by atoms with van der Waals surface area (Å²) in [7, 11) is 0. The van der Waals surface area contributed by atoms with Crippen molar-refractivity contribution >= 4 is 6.09 Å². The molecule has 2 aromatic carbocycles. The topological polar surface area (TPSA) is 41.6 Å². The van der Waals surface area contributed by atoms with Crippen molar-refractivity contribution in [3.05, 3.63) is 58.9 Å². The van der Waals surface area contributed by atoms with E-state index in [1.54, 1.807) is 6.07 Å². The van der Waals surface area contributed by atoms with Crippen LogP contribution in [0.1, 0.15) is 62.8 Å². The molecule has 0 spiro atoms. The third kappa shape index (κ3) is 4.40. The zero-order valence-corrected chi connectivity index (χ0v) is 20.0. The van der Waals surface area contributed by atoms with Gasteiger partial charge >= 0.3 is 6.09 Å². The molecule has 0 saturated carbocycles. The number of nitrogens with zero attached hydrogens (tertiary/aromatic N) is 1. The van der Waals surface area contributed by atoms with Gasteiger partial charge in [0.2, 0.25) is 0 Å². The smallest absolute Gasteiger partial charge is 0.407 e. The number of alkyl carbamates (subject to hydrolysis) is 1. The SMILES string of the molecule is CCc1ccc(-c2ccc3c(c2)CCC(C)(C)[C@H]3NC(=O)O[C@H]2CN3CCC2CC3)cc1F. The molecule has 2 bridgehead atoms. The second-order valence-electron chi connectivity index (χ2n) is 10.7. The van der Waals surface area contributed by atoms with Gasteiger partial charge in [-0.15, -0.1) is 0 Å². The zero-order chi connectivity index (χ0) is 23.2. The van der Waals surface area contributed by atoms with Crippen LogP contribution in [0.4, 0.5) is 9.18 Å². The Morgan fingerprint density at radius 1 is 1.15 bits per heavy atom. The summed E-state index contributed by atoms with van der Waals surface area (Å²) >= 11 is 0. The van der Waals surface area contributed by atoms with Gasteiger partial charge < -0.3 is 10.1 Å². The summed E-state index contributed by atoms with van der Waals surface area (Å²) in [6, 6.07) is 11.7. The molecular formula is C28H35FN2O2. The number of fused-ring (bicyclic) bond motifs is 4. The van der Waals surface area contributed by atoms with Crippen molar-refractivity contribution in [3.63, 3.8) is 0 Å². The number of hydrogen-bond acceptors (Lipinski definition) is 3. The molecule has 0 aromatic heterocycles.